The molecule has 0 aliphatic rings. The summed E-state index contributed by atoms with van der Waals surface area (Å²) in [7, 11) is 2.11. The third kappa shape index (κ3) is 5.78. The molecule has 1 rings (SSSR count). The second-order valence-corrected chi connectivity index (χ2v) is 5.77. The van der Waals surface area contributed by atoms with Crippen molar-refractivity contribution in [1.82, 2.24) is 5.32 Å². The smallest absolute Gasteiger partial charge is 0.0107 e. The van der Waals surface area contributed by atoms with Crippen molar-refractivity contribution in [3.05, 3.63) is 35.4 Å². The van der Waals surface area contributed by atoms with Crippen LogP contribution in [0.5, 0.6) is 0 Å². The molecule has 0 saturated heterocycles. The van der Waals surface area contributed by atoms with Crippen LogP contribution >= 0.6 is 0 Å². The third-order valence-electron chi connectivity index (χ3n) is 4.30. The summed E-state index contributed by atoms with van der Waals surface area (Å²) in [5.41, 5.74) is 2.91. The number of benzene rings is 1. The highest BCUT2D eigenvalue weighted by Gasteiger charge is 2.14. The van der Waals surface area contributed by atoms with Crippen molar-refractivity contribution in [2.75, 3.05) is 7.05 Å². The number of unbranched alkanes of at least 4 members (excludes halogenated alkanes) is 1. The lowest BCUT2D eigenvalue weighted by Gasteiger charge is -2.23. The number of hydrogen-bond donors (Lipinski definition) is 1. The molecule has 0 heterocycles. The van der Waals surface area contributed by atoms with Crippen molar-refractivity contribution in [1.29, 1.82) is 0 Å². The first-order chi connectivity index (χ1) is 9.21. The normalized spacial score (nSPS) is 14.3. The molecule has 0 radical (unpaired) electrons. The van der Waals surface area contributed by atoms with E-state index in [2.05, 4.69) is 57.4 Å². The maximum Gasteiger partial charge on any atom is 0.0107 e. The van der Waals surface area contributed by atoms with Crippen molar-refractivity contribution in [2.45, 2.75) is 65.3 Å². The van der Waals surface area contributed by atoms with Gasteiger partial charge in [0.25, 0.3) is 0 Å². The van der Waals surface area contributed by atoms with Crippen molar-refractivity contribution in [2.24, 2.45) is 5.92 Å². The van der Waals surface area contributed by atoms with Crippen LogP contribution in [-0.2, 0) is 6.42 Å². The lowest BCUT2D eigenvalue weighted by molar-refractivity contribution is 0.358. The highest BCUT2D eigenvalue weighted by molar-refractivity contribution is 5.26. The molecule has 0 spiro atoms. The SMILES string of the molecule is CCCCC(CC)CC(Cc1ccccc1C)NC. The fourth-order valence-electron chi connectivity index (χ4n) is 2.79. The van der Waals surface area contributed by atoms with Gasteiger partial charge in [-0.1, -0.05) is 63.8 Å². The number of hydrogen-bond acceptors (Lipinski definition) is 1. The maximum absolute atomic E-state index is 3.52. The molecule has 1 nitrogen and oxygen atoms in total. The van der Waals surface area contributed by atoms with E-state index in [1.807, 2.05) is 0 Å². The summed E-state index contributed by atoms with van der Waals surface area (Å²) in [5.74, 6) is 0.876. The van der Waals surface area contributed by atoms with Gasteiger partial charge in [0.2, 0.25) is 0 Å². The molecular weight excluding hydrogens is 230 g/mol. The Hall–Kier alpha value is -0.820. The zero-order valence-electron chi connectivity index (χ0n) is 13.2. The minimum atomic E-state index is 0.614. The molecule has 2 atom stereocenters. The monoisotopic (exact) mass is 261 g/mol. The fraction of sp³-hybridized carbons (Fsp3) is 0.667. The van der Waals surface area contributed by atoms with E-state index in [1.54, 1.807) is 0 Å². The van der Waals surface area contributed by atoms with Crippen LogP contribution < -0.4 is 5.32 Å². The average Bonchev–Trinajstić information content (AvgIpc) is 2.44. The van der Waals surface area contributed by atoms with Crippen LogP contribution in [0, 0.1) is 12.8 Å². The predicted octanol–water partition coefficient (Wildman–Crippen LogP) is 4.73. The van der Waals surface area contributed by atoms with Gasteiger partial charge in [0, 0.05) is 6.04 Å². The molecule has 2 unspecified atom stereocenters. The average molecular weight is 261 g/mol. The van der Waals surface area contributed by atoms with Crippen LogP contribution in [0.3, 0.4) is 0 Å². The Morgan fingerprint density at radius 1 is 1.16 bits per heavy atom. The second kappa shape index (κ2) is 9.14. The second-order valence-electron chi connectivity index (χ2n) is 5.77. The van der Waals surface area contributed by atoms with Crippen molar-refractivity contribution in [3.63, 3.8) is 0 Å². The first-order valence-electron chi connectivity index (χ1n) is 7.93. The standard InChI is InChI=1S/C18H31N/c1-5-7-11-16(6-2)13-18(19-4)14-17-12-9-8-10-15(17)3/h8-10,12,16,18-19H,5-7,11,13-14H2,1-4H3. The van der Waals surface area contributed by atoms with Gasteiger partial charge in [-0.15, -0.1) is 0 Å². The molecule has 108 valence electrons. The Balaban J connectivity index is 2.55. The highest BCUT2D eigenvalue weighted by Crippen LogP contribution is 2.21. The quantitative estimate of drug-likeness (QED) is 0.677. The lowest BCUT2D eigenvalue weighted by Crippen LogP contribution is -2.30. The minimum absolute atomic E-state index is 0.614. The molecule has 0 saturated carbocycles. The molecule has 0 aliphatic carbocycles. The summed E-state index contributed by atoms with van der Waals surface area (Å²) >= 11 is 0. The van der Waals surface area contributed by atoms with Crippen LogP contribution in [0.25, 0.3) is 0 Å². The summed E-state index contributed by atoms with van der Waals surface area (Å²) in [6.45, 7) is 6.84. The molecule has 19 heavy (non-hydrogen) atoms. The van der Waals surface area contributed by atoms with E-state index in [9.17, 15) is 0 Å². The molecule has 1 aromatic rings. The third-order valence-corrected chi connectivity index (χ3v) is 4.30. The maximum atomic E-state index is 3.52. The van der Waals surface area contributed by atoms with Gasteiger partial charge in [0.05, 0.1) is 0 Å². The van der Waals surface area contributed by atoms with E-state index in [4.69, 9.17) is 0 Å². The largest absolute Gasteiger partial charge is 0.317 e. The molecule has 0 bridgehead atoms. The van der Waals surface area contributed by atoms with Gasteiger partial charge in [0.1, 0.15) is 0 Å². The van der Waals surface area contributed by atoms with Crippen molar-refractivity contribution in [3.8, 4) is 0 Å². The lowest BCUT2D eigenvalue weighted by atomic mass is 9.89. The molecule has 1 N–H and O–H groups in total. The zero-order chi connectivity index (χ0) is 14.1. The molecule has 0 amide bonds. The van der Waals surface area contributed by atoms with Crippen LogP contribution in [0.4, 0.5) is 0 Å². The summed E-state index contributed by atoms with van der Waals surface area (Å²) < 4.78 is 0. The summed E-state index contributed by atoms with van der Waals surface area (Å²) in [4.78, 5) is 0. The van der Waals surface area contributed by atoms with Gasteiger partial charge in [-0.05, 0) is 43.9 Å². The van der Waals surface area contributed by atoms with E-state index >= 15 is 0 Å². The van der Waals surface area contributed by atoms with E-state index in [0.717, 1.165) is 12.3 Å². The molecule has 1 heteroatoms. The molecule has 0 aliphatic heterocycles. The van der Waals surface area contributed by atoms with E-state index in [-0.39, 0.29) is 0 Å². The van der Waals surface area contributed by atoms with Crippen LogP contribution in [-0.4, -0.2) is 13.1 Å². The Morgan fingerprint density at radius 3 is 2.47 bits per heavy atom. The summed E-state index contributed by atoms with van der Waals surface area (Å²) in [6, 6.07) is 9.39. The van der Waals surface area contributed by atoms with Crippen molar-refractivity contribution < 1.29 is 0 Å². The van der Waals surface area contributed by atoms with Gasteiger partial charge < -0.3 is 5.32 Å². The minimum Gasteiger partial charge on any atom is -0.317 e. The molecule has 0 fully saturated rings. The number of likely N-dealkylation sites (N-methyl/N-ethyl adjacent to an activating group) is 1. The van der Waals surface area contributed by atoms with Crippen LogP contribution in [0.1, 0.15) is 57.1 Å². The number of rotatable bonds is 9. The first kappa shape index (κ1) is 16.2. The fourth-order valence-corrected chi connectivity index (χ4v) is 2.79. The first-order valence-corrected chi connectivity index (χ1v) is 7.93. The Kier molecular flexibility index (Phi) is 7.81. The molecular formula is C18H31N. The topological polar surface area (TPSA) is 12.0 Å². The predicted molar refractivity (Wildman–Crippen MR) is 85.7 cm³/mol. The van der Waals surface area contributed by atoms with Crippen LogP contribution in [0.2, 0.25) is 0 Å². The molecule has 1 aromatic carbocycles. The molecule has 0 aromatic heterocycles. The van der Waals surface area contributed by atoms with E-state index < -0.39 is 0 Å². The Morgan fingerprint density at radius 2 is 1.89 bits per heavy atom. The summed E-state index contributed by atoms with van der Waals surface area (Å²) in [6.07, 6.45) is 7.86. The Labute approximate surface area is 119 Å². The van der Waals surface area contributed by atoms with Crippen LogP contribution in [0.15, 0.2) is 24.3 Å². The number of nitrogens with one attached hydrogen (secondary N) is 1. The summed E-state index contributed by atoms with van der Waals surface area (Å²) in [5, 5.41) is 3.52. The van der Waals surface area contributed by atoms with E-state index in [1.165, 1.54) is 43.2 Å². The van der Waals surface area contributed by atoms with Crippen molar-refractivity contribution >= 4 is 0 Å². The Bertz CT molecular complexity index is 345. The van der Waals surface area contributed by atoms with Gasteiger partial charge in [-0.25, -0.2) is 0 Å². The van der Waals surface area contributed by atoms with Gasteiger partial charge in [0.15, 0.2) is 0 Å². The number of aryl methyl sites for hydroxylation is 1. The van der Waals surface area contributed by atoms with E-state index in [0.29, 0.717) is 6.04 Å². The highest BCUT2D eigenvalue weighted by atomic mass is 14.9. The van der Waals surface area contributed by atoms with Gasteiger partial charge in [-0.3, -0.25) is 0 Å². The van der Waals surface area contributed by atoms with Gasteiger partial charge >= 0.3 is 0 Å². The zero-order valence-corrected chi connectivity index (χ0v) is 13.2. The van der Waals surface area contributed by atoms with Gasteiger partial charge in [-0.2, -0.15) is 0 Å².